The number of hydrogen-bond acceptors (Lipinski definition) is 5. The van der Waals surface area contributed by atoms with Crippen LogP contribution in [0.5, 0.6) is 0 Å². The van der Waals surface area contributed by atoms with Crippen LogP contribution >= 0.6 is 11.6 Å². The average molecular weight is 474 g/mol. The molecule has 0 radical (unpaired) electrons. The number of halogens is 1. The minimum absolute atomic E-state index is 0.0145. The van der Waals surface area contributed by atoms with Crippen LogP contribution in [0.1, 0.15) is 31.1 Å². The summed E-state index contributed by atoms with van der Waals surface area (Å²) in [6.07, 6.45) is 0. The van der Waals surface area contributed by atoms with E-state index in [0.29, 0.717) is 24.5 Å². The van der Waals surface area contributed by atoms with Crippen LogP contribution < -0.4 is 10.0 Å². The first-order valence-electron chi connectivity index (χ1n) is 9.25. The van der Waals surface area contributed by atoms with Gasteiger partial charge in [0.05, 0.1) is 21.2 Å². The molecule has 11 heteroatoms. The molecule has 2 aromatic carbocycles. The SMILES string of the molecule is CCN(CC)S(=O)(=O)c1ccc(Cl)c(C(=O)Nc2ccc(NS(=O)(=O)CC)cc2)c1. The quantitative estimate of drug-likeness (QED) is 0.579. The Hall–Kier alpha value is -2.14. The molecule has 0 bridgehead atoms. The number of hydrogen-bond donors (Lipinski definition) is 2. The Morgan fingerprint density at radius 2 is 1.50 bits per heavy atom. The fraction of sp³-hybridized carbons (Fsp3) is 0.316. The fourth-order valence-electron chi connectivity index (χ4n) is 2.62. The molecule has 0 spiro atoms. The number of amides is 1. The second-order valence-electron chi connectivity index (χ2n) is 6.27. The Morgan fingerprint density at radius 3 is 2.03 bits per heavy atom. The van der Waals surface area contributed by atoms with Gasteiger partial charge in [0.15, 0.2) is 0 Å². The molecule has 0 fully saturated rings. The summed E-state index contributed by atoms with van der Waals surface area (Å²) in [6, 6.07) is 10.0. The van der Waals surface area contributed by atoms with Crippen LogP contribution in [0.25, 0.3) is 0 Å². The van der Waals surface area contributed by atoms with Gasteiger partial charge in [0.1, 0.15) is 0 Å². The van der Waals surface area contributed by atoms with Crippen molar-refractivity contribution in [2.75, 3.05) is 28.9 Å². The van der Waals surface area contributed by atoms with Gasteiger partial charge in [-0.25, -0.2) is 16.8 Å². The third-order valence-electron chi connectivity index (χ3n) is 4.32. The van der Waals surface area contributed by atoms with Crippen molar-refractivity contribution in [3.05, 3.63) is 53.1 Å². The first-order chi connectivity index (χ1) is 14.0. The van der Waals surface area contributed by atoms with Gasteiger partial charge in [0.2, 0.25) is 20.0 Å². The summed E-state index contributed by atoms with van der Waals surface area (Å²) in [7, 11) is -7.15. The zero-order valence-electron chi connectivity index (χ0n) is 16.8. The maximum absolute atomic E-state index is 12.7. The number of anilines is 2. The summed E-state index contributed by atoms with van der Waals surface area (Å²) in [4.78, 5) is 12.6. The summed E-state index contributed by atoms with van der Waals surface area (Å²) >= 11 is 6.12. The minimum Gasteiger partial charge on any atom is -0.322 e. The molecule has 1 amide bonds. The van der Waals surface area contributed by atoms with Crippen LogP contribution in [0.3, 0.4) is 0 Å². The molecule has 0 aliphatic carbocycles. The smallest absolute Gasteiger partial charge is 0.257 e. The Kier molecular flexibility index (Phi) is 7.87. The van der Waals surface area contributed by atoms with Crippen molar-refractivity contribution in [2.24, 2.45) is 0 Å². The summed E-state index contributed by atoms with van der Waals surface area (Å²) in [5, 5.41) is 2.74. The van der Waals surface area contributed by atoms with Crippen molar-refractivity contribution < 1.29 is 21.6 Å². The Labute approximate surface area is 182 Å². The minimum atomic E-state index is -3.74. The third kappa shape index (κ3) is 5.72. The van der Waals surface area contributed by atoms with E-state index in [4.69, 9.17) is 11.6 Å². The highest BCUT2D eigenvalue weighted by atomic mass is 35.5. The molecule has 0 aromatic heterocycles. The molecule has 0 saturated heterocycles. The van der Waals surface area contributed by atoms with Crippen LogP contribution in [0.2, 0.25) is 5.02 Å². The topological polar surface area (TPSA) is 113 Å². The Balaban J connectivity index is 2.25. The van der Waals surface area contributed by atoms with Gasteiger partial charge < -0.3 is 5.32 Å². The Morgan fingerprint density at radius 1 is 0.933 bits per heavy atom. The summed E-state index contributed by atoms with van der Waals surface area (Å²) in [5.74, 6) is -0.644. The highest BCUT2D eigenvalue weighted by Crippen LogP contribution is 2.24. The van der Waals surface area contributed by atoms with Gasteiger partial charge in [-0.05, 0) is 49.4 Å². The molecule has 0 unspecified atom stereocenters. The van der Waals surface area contributed by atoms with Crippen LogP contribution in [0, 0.1) is 0 Å². The van der Waals surface area contributed by atoms with Gasteiger partial charge in [-0.1, -0.05) is 25.4 Å². The molecule has 30 heavy (non-hydrogen) atoms. The molecule has 0 aliphatic rings. The van der Waals surface area contributed by atoms with Crippen LogP contribution in [0.4, 0.5) is 11.4 Å². The van der Waals surface area contributed by atoms with E-state index in [0.717, 1.165) is 0 Å². The maximum atomic E-state index is 12.7. The highest BCUT2D eigenvalue weighted by Gasteiger charge is 2.24. The molecular formula is C19H24ClN3O5S2. The van der Waals surface area contributed by atoms with E-state index < -0.39 is 26.0 Å². The van der Waals surface area contributed by atoms with Crippen molar-refractivity contribution in [1.82, 2.24) is 4.31 Å². The summed E-state index contributed by atoms with van der Waals surface area (Å²) in [5.41, 5.74) is 0.772. The van der Waals surface area contributed by atoms with Crippen molar-refractivity contribution in [3.63, 3.8) is 0 Å². The third-order valence-corrected chi connectivity index (χ3v) is 8.00. The molecule has 0 heterocycles. The lowest BCUT2D eigenvalue weighted by molar-refractivity contribution is 0.102. The zero-order valence-corrected chi connectivity index (χ0v) is 19.2. The second kappa shape index (κ2) is 9.78. The normalized spacial score (nSPS) is 12.0. The number of nitrogens with one attached hydrogen (secondary N) is 2. The van der Waals surface area contributed by atoms with Gasteiger partial charge in [-0.3, -0.25) is 9.52 Å². The van der Waals surface area contributed by atoms with E-state index in [1.54, 1.807) is 13.8 Å². The van der Waals surface area contributed by atoms with Crippen molar-refractivity contribution in [3.8, 4) is 0 Å². The maximum Gasteiger partial charge on any atom is 0.257 e. The molecule has 0 aliphatic heterocycles. The highest BCUT2D eigenvalue weighted by molar-refractivity contribution is 7.92. The largest absolute Gasteiger partial charge is 0.322 e. The molecule has 2 aromatic rings. The van der Waals surface area contributed by atoms with Crippen LogP contribution in [-0.4, -0.2) is 45.9 Å². The summed E-state index contributed by atoms with van der Waals surface area (Å²) in [6.45, 7) is 5.59. The van der Waals surface area contributed by atoms with Gasteiger partial charge in [-0.15, -0.1) is 0 Å². The molecule has 2 rings (SSSR count). The molecule has 2 N–H and O–H groups in total. The van der Waals surface area contributed by atoms with E-state index >= 15 is 0 Å². The number of sulfonamides is 2. The Bertz CT molecular complexity index is 1110. The fourth-order valence-corrected chi connectivity index (χ4v) is 4.95. The first kappa shape index (κ1) is 24.1. The van der Waals surface area contributed by atoms with Gasteiger partial charge >= 0.3 is 0 Å². The van der Waals surface area contributed by atoms with Crippen LogP contribution in [-0.2, 0) is 20.0 Å². The lowest BCUT2D eigenvalue weighted by atomic mass is 10.2. The van der Waals surface area contributed by atoms with E-state index in [1.165, 1.54) is 53.7 Å². The van der Waals surface area contributed by atoms with Crippen molar-refractivity contribution >= 4 is 48.9 Å². The monoisotopic (exact) mass is 473 g/mol. The standard InChI is InChI=1S/C19H24ClN3O5S2/c1-4-23(5-2)30(27,28)16-11-12-18(20)17(13-16)19(24)21-14-7-9-15(10-8-14)22-29(25,26)6-3/h7-13,22H,4-6H2,1-3H3,(H,21,24). The first-order valence-corrected chi connectivity index (χ1v) is 12.7. The van der Waals surface area contributed by atoms with E-state index in [2.05, 4.69) is 10.0 Å². The molecule has 0 atom stereocenters. The lowest BCUT2D eigenvalue weighted by Crippen LogP contribution is -2.30. The molecule has 8 nitrogen and oxygen atoms in total. The molecular weight excluding hydrogens is 450 g/mol. The second-order valence-corrected chi connectivity index (χ2v) is 10.6. The molecule has 0 saturated carbocycles. The van der Waals surface area contributed by atoms with Crippen molar-refractivity contribution in [1.29, 1.82) is 0 Å². The van der Waals surface area contributed by atoms with Crippen LogP contribution in [0.15, 0.2) is 47.4 Å². The number of carbonyl (C=O) groups is 1. The molecule has 164 valence electrons. The number of nitrogens with zero attached hydrogens (tertiary/aromatic N) is 1. The van der Waals surface area contributed by atoms with Gasteiger partial charge in [0, 0.05) is 24.5 Å². The van der Waals surface area contributed by atoms with E-state index in [1.807, 2.05) is 0 Å². The van der Waals surface area contributed by atoms with E-state index in [-0.39, 0.29) is 21.2 Å². The van der Waals surface area contributed by atoms with Crippen molar-refractivity contribution in [2.45, 2.75) is 25.7 Å². The zero-order chi connectivity index (χ0) is 22.5. The number of rotatable bonds is 9. The number of carbonyl (C=O) groups excluding carboxylic acids is 1. The predicted molar refractivity (Wildman–Crippen MR) is 119 cm³/mol. The van der Waals surface area contributed by atoms with Gasteiger partial charge in [-0.2, -0.15) is 4.31 Å². The lowest BCUT2D eigenvalue weighted by Gasteiger charge is -2.19. The number of benzene rings is 2. The average Bonchev–Trinajstić information content (AvgIpc) is 2.70. The van der Waals surface area contributed by atoms with Gasteiger partial charge in [0.25, 0.3) is 5.91 Å². The predicted octanol–water partition coefficient (Wildman–Crippen LogP) is 3.38. The van der Waals surface area contributed by atoms with E-state index in [9.17, 15) is 21.6 Å². The summed E-state index contributed by atoms with van der Waals surface area (Å²) < 4.78 is 52.3.